The van der Waals surface area contributed by atoms with Crippen molar-refractivity contribution in [3.8, 4) is 0 Å². The maximum atomic E-state index is 11.4. The quantitative estimate of drug-likeness (QED) is 0.523. The molecule has 0 aromatic heterocycles. The van der Waals surface area contributed by atoms with Gasteiger partial charge in [0.2, 0.25) is 6.10 Å². The standard InChI is InChI=1S/C9H14O5S/c1-9(13-5-15-3)4-6(10)14-7(9)8(11)12-2/h7H,4-5H2,1-3H3/t7-,9+/m1/s1. The minimum Gasteiger partial charge on any atom is -0.466 e. The van der Waals surface area contributed by atoms with Gasteiger partial charge in [0.25, 0.3) is 0 Å². The number of hydrogen-bond acceptors (Lipinski definition) is 6. The lowest BCUT2D eigenvalue weighted by Gasteiger charge is -2.26. The Hall–Kier alpha value is -0.750. The molecule has 0 N–H and O–H groups in total. The van der Waals surface area contributed by atoms with Gasteiger partial charge in [0.15, 0.2) is 0 Å². The molecular weight excluding hydrogens is 220 g/mol. The summed E-state index contributed by atoms with van der Waals surface area (Å²) in [6, 6.07) is 0. The summed E-state index contributed by atoms with van der Waals surface area (Å²) in [6.45, 7) is 1.68. The predicted octanol–water partition coefficient (Wildman–Crippen LogP) is 0.571. The Kier molecular flexibility index (Phi) is 3.98. The average molecular weight is 234 g/mol. The van der Waals surface area contributed by atoms with Crippen LogP contribution < -0.4 is 0 Å². The molecule has 0 aliphatic carbocycles. The maximum absolute atomic E-state index is 11.4. The maximum Gasteiger partial charge on any atom is 0.350 e. The molecule has 2 atom stereocenters. The van der Waals surface area contributed by atoms with Crippen LogP contribution in [0.3, 0.4) is 0 Å². The first-order valence-corrected chi connectivity index (χ1v) is 5.83. The van der Waals surface area contributed by atoms with Crippen LogP contribution in [0.1, 0.15) is 13.3 Å². The molecule has 0 spiro atoms. The van der Waals surface area contributed by atoms with E-state index in [1.54, 1.807) is 6.92 Å². The van der Waals surface area contributed by atoms with E-state index < -0.39 is 23.6 Å². The fraction of sp³-hybridized carbons (Fsp3) is 0.778. The Bertz CT molecular complexity index is 267. The third kappa shape index (κ3) is 2.63. The van der Waals surface area contributed by atoms with Crippen LogP contribution in [0.2, 0.25) is 0 Å². The summed E-state index contributed by atoms with van der Waals surface area (Å²) < 4.78 is 14.9. The van der Waals surface area contributed by atoms with Crippen molar-refractivity contribution in [1.82, 2.24) is 0 Å². The van der Waals surface area contributed by atoms with Crippen LogP contribution >= 0.6 is 11.8 Å². The first-order valence-electron chi connectivity index (χ1n) is 4.43. The molecule has 1 aliphatic rings. The molecule has 6 heteroatoms. The number of esters is 2. The van der Waals surface area contributed by atoms with Crippen LogP contribution in [0.4, 0.5) is 0 Å². The molecule has 0 saturated carbocycles. The number of hydrogen-bond donors (Lipinski definition) is 0. The van der Waals surface area contributed by atoms with Gasteiger partial charge >= 0.3 is 11.9 Å². The second-order valence-electron chi connectivity index (χ2n) is 3.43. The number of cyclic esters (lactones) is 1. The van der Waals surface area contributed by atoms with Crippen molar-refractivity contribution in [3.63, 3.8) is 0 Å². The van der Waals surface area contributed by atoms with E-state index in [1.807, 2.05) is 6.26 Å². The van der Waals surface area contributed by atoms with Crippen LogP contribution in [0.25, 0.3) is 0 Å². The predicted molar refractivity (Wildman–Crippen MR) is 54.4 cm³/mol. The summed E-state index contributed by atoms with van der Waals surface area (Å²) >= 11 is 1.47. The van der Waals surface area contributed by atoms with Gasteiger partial charge in [-0.1, -0.05) is 0 Å². The Morgan fingerprint density at radius 3 is 2.93 bits per heavy atom. The molecule has 15 heavy (non-hydrogen) atoms. The average Bonchev–Trinajstić information content (AvgIpc) is 2.50. The van der Waals surface area contributed by atoms with E-state index in [0.29, 0.717) is 5.94 Å². The van der Waals surface area contributed by atoms with Gasteiger partial charge in [0.1, 0.15) is 5.60 Å². The Labute approximate surface area is 92.4 Å². The fourth-order valence-corrected chi connectivity index (χ4v) is 1.79. The highest BCUT2D eigenvalue weighted by atomic mass is 32.2. The highest BCUT2D eigenvalue weighted by Crippen LogP contribution is 2.31. The van der Waals surface area contributed by atoms with E-state index in [4.69, 9.17) is 9.47 Å². The zero-order valence-corrected chi connectivity index (χ0v) is 9.76. The van der Waals surface area contributed by atoms with Gasteiger partial charge in [-0.15, -0.1) is 11.8 Å². The van der Waals surface area contributed by atoms with Gasteiger partial charge in [0.05, 0.1) is 19.5 Å². The van der Waals surface area contributed by atoms with Crippen molar-refractivity contribution in [2.45, 2.75) is 25.0 Å². The monoisotopic (exact) mass is 234 g/mol. The van der Waals surface area contributed by atoms with E-state index in [-0.39, 0.29) is 6.42 Å². The third-order valence-electron chi connectivity index (χ3n) is 2.22. The fourth-order valence-electron chi connectivity index (χ4n) is 1.40. The summed E-state index contributed by atoms with van der Waals surface area (Å²) in [7, 11) is 1.25. The first kappa shape index (κ1) is 12.3. The zero-order chi connectivity index (χ0) is 11.5. The SMILES string of the molecule is COC(=O)[C@H]1OC(=O)C[C@]1(C)OCSC. The molecule has 0 aromatic rings. The first-order chi connectivity index (χ1) is 7.03. The minimum absolute atomic E-state index is 0.0767. The lowest BCUT2D eigenvalue weighted by atomic mass is 9.98. The molecule has 1 saturated heterocycles. The van der Waals surface area contributed by atoms with E-state index in [9.17, 15) is 9.59 Å². The molecule has 1 fully saturated rings. The molecule has 0 bridgehead atoms. The highest BCUT2D eigenvalue weighted by Gasteiger charge is 2.51. The normalized spacial score (nSPS) is 30.1. The van der Waals surface area contributed by atoms with E-state index in [0.717, 1.165) is 0 Å². The molecule has 86 valence electrons. The van der Waals surface area contributed by atoms with Crippen molar-refractivity contribution in [2.75, 3.05) is 19.3 Å². The Morgan fingerprint density at radius 2 is 2.40 bits per heavy atom. The summed E-state index contributed by atoms with van der Waals surface area (Å²) in [5, 5.41) is 0. The number of methoxy groups -OCH3 is 1. The minimum atomic E-state index is -0.956. The highest BCUT2D eigenvalue weighted by molar-refractivity contribution is 7.98. The third-order valence-corrected chi connectivity index (χ3v) is 2.57. The van der Waals surface area contributed by atoms with Gasteiger partial charge in [-0.2, -0.15) is 0 Å². The van der Waals surface area contributed by atoms with Crippen molar-refractivity contribution in [2.24, 2.45) is 0 Å². The smallest absolute Gasteiger partial charge is 0.350 e. The molecule has 1 rings (SSSR count). The number of carbonyl (C=O) groups is 2. The second kappa shape index (κ2) is 4.85. The number of rotatable bonds is 4. The van der Waals surface area contributed by atoms with Crippen LogP contribution in [0, 0.1) is 0 Å². The van der Waals surface area contributed by atoms with Crippen molar-refractivity contribution < 1.29 is 23.8 Å². The van der Waals surface area contributed by atoms with Gasteiger partial charge in [-0.05, 0) is 13.2 Å². The van der Waals surface area contributed by atoms with E-state index in [2.05, 4.69) is 4.74 Å². The second-order valence-corrected chi connectivity index (χ2v) is 4.25. The zero-order valence-electron chi connectivity index (χ0n) is 8.94. The summed E-state index contributed by atoms with van der Waals surface area (Å²) in [5.41, 5.74) is -0.910. The summed E-state index contributed by atoms with van der Waals surface area (Å²) in [5.74, 6) is -0.612. The van der Waals surface area contributed by atoms with Crippen molar-refractivity contribution >= 4 is 23.7 Å². The molecule has 1 aliphatic heterocycles. The lowest BCUT2D eigenvalue weighted by molar-refractivity contribution is -0.168. The van der Waals surface area contributed by atoms with E-state index >= 15 is 0 Å². The summed E-state index contributed by atoms with van der Waals surface area (Å²) in [6.07, 6.45) is 0.990. The Balaban J connectivity index is 2.74. The molecule has 0 unspecified atom stereocenters. The molecule has 0 aromatic carbocycles. The summed E-state index contributed by atoms with van der Waals surface area (Å²) in [4.78, 5) is 22.5. The van der Waals surface area contributed by atoms with Gasteiger partial charge < -0.3 is 14.2 Å². The lowest BCUT2D eigenvalue weighted by Crippen LogP contribution is -2.43. The van der Waals surface area contributed by atoms with Crippen LogP contribution in [-0.4, -0.2) is 42.9 Å². The topological polar surface area (TPSA) is 61.8 Å². The molecule has 0 radical (unpaired) electrons. The van der Waals surface area contributed by atoms with Gasteiger partial charge in [-0.3, -0.25) is 4.79 Å². The van der Waals surface area contributed by atoms with Crippen LogP contribution in [0.5, 0.6) is 0 Å². The molecule has 0 amide bonds. The van der Waals surface area contributed by atoms with Crippen molar-refractivity contribution in [3.05, 3.63) is 0 Å². The number of ether oxygens (including phenoxy) is 3. The van der Waals surface area contributed by atoms with Crippen LogP contribution in [0.15, 0.2) is 0 Å². The Morgan fingerprint density at radius 1 is 1.73 bits per heavy atom. The largest absolute Gasteiger partial charge is 0.466 e. The van der Waals surface area contributed by atoms with E-state index in [1.165, 1.54) is 18.9 Å². The van der Waals surface area contributed by atoms with Gasteiger partial charge in [-0.25, -0.2) is 4.79 Å². The molecule has 5 nitrogen and oxygen atoms in total. The number of thioether (sulfide) groups is 1. The van der Waals surface area contributed by atoms with Crippen LogP contribution in [-0.2, 0) is 23.8 Å². The van der Waals surface area contributed by atoms with Gasteiger partial charge in [0, 0.05) is 0 Å². The van der Waals surface area contributed by atoms with Crippen molar-refractivity contribution in [1.29, 1.82) is 0 Å². The molecule has 1 heterocycles. The molecular formula is C9H14O5S. The number of carbonyl (C=O) groups excluding carboxylic acids is 2.